The van der Waals surface area contributed by atoms with Crippen LogP contribution in [-0.2, 0) is 4.74 Å². The fourth-order valence-corrected chi connectivity index (χ4v) is 3.50. The second-order valence-corrected chi connectivity index (χ2v) is 7.62. The molecule has 0 saturated carbocycles. The third-order valence-electron chi connectivity index (χ3n) is 5.33. The summed E-state index contributed by atoms with van der Waals surface area (Å²) in [6.07, 6.45) is -3.57. The molecular formula is C24H24N2O7. The smallest absolute Gasteiger partial charge is 0.255 e. The van der Waals surface area contributed by atoms with Gasteiger partial charge in [0.25, 0.3) is 5.91 Å². The van der Waals surface area contributed by atoms with Gasteiger partial charge in [0.05, 0.1) is 18.5 Å². The van der Waals surface area contributed by atoms with E-state index in [2.05, 4.69) is 10.3 Å². The molecule has 0 bridgehead atoms. The molecule has 5 N–H and O–H groups in total. The lowest BCUT2D eigenvalue weighted by Gasteiger charge is -2.39. The molecule has 0 radical (unpaired) electrons. The highest BCUT2D eigenvalue weighted by Gasteiger charge is 2.44. The minimum atomic E-state index is -1.51. The molecule has 2 aromatic carbocycles. The van der Waals surface area contributed by atoms with Crippen LogP contribution < -0.4 is 10.1 Å². The van der Waals surface area contributed by atoms with Crippen molar-refractivity contribution in [3.8, 4) is 16.9 Å². The van der Waals surface area contributed by atoms with E-state index in [0.29, 0.717) is 17.0 Å². The van der Waals surface area contributed by atoms with Gasteiger partial charge in [0.2, 0.25) is 6.29 Å². The first-order valence-electron chi connectivity index (χ1n) is 10.4. The van der Waals surface area contributed by atoms with Crippen LogP contribution >= 0.6 is 0 Å². The highest BCUT2D eigenvalue weighted by Crippen LogP contribution is 2.27. The van der Waals surface area contributed by atoms with Crippen molar-refractivity contribution in [3.63, 3.8) is 0 Å². The molecule has 1 fully saturated rings. The summed E-state index contributed by atoms with van der Waals surface area (Å²) in [5.74, 6) is 0.0981. The Bertz CT molecular complexity index is 1080. The summed E-state index contributed by atoms with van der Waals surface area (Å²) >= 11 is 0. The molecule has 4 rings (SSSR count). The van der Waals surface area contributed by atoms with E-state index in [1.807, 2.05) is 6.07 Å². The molecule has 3 aromatic rings. The van der Waals surface area contributed by atoms with Crippen LogP contribution in [0.15, 0.2) is 73.1 Å². The first-order chi connectivity index (χ1) is 16.0. The van der Waals surface area contributed by atoms with E-state index in [0.717, 1.165) is 11.1 Å². The van der Waals surface area contributed by atoms with E-state index >= 15 is 0 Å². The van der Waals surface area contributed by atoms with Crippen LogP contribution in [0.3, 0.4) is 0 Å². The number of hydrogen-bond acceptors (Lipinski definition) is 8. The van der Waals surface area contributed by atoms with Gasteiger partial charge < -0.3 is 35.2 Å². The van der Waals surface area contributed by atoms with Gasteiger partial charge in [-0.3, -0.25) is 9.78 Å². The fourth-order valence-electron chi connectivity index (χ4n) is 3.50. The fraction of sp³-hybridized carbons (Fsp3) is 0.250. The Kier molecular flexibility index (Phi) is 6.97. The molecule has 5 unspecified atom stereocenters. The molecule has 9 nitrogen and oxygen atoms in total. The van der Waals surface area contributed by atoms with Crippen molar-refractivity contribution in [1.82, 2.24) is 4.98 Å². The number of hydrogen-bond donors (Lipinski definition) is 5. The Balaban J connectivity index is 1.45. The molecule has 1 saturated heterocycles. The zero-order valence-corrected chi connectivity index (χ0v) is 17.5. The van der Waals surface area contributed by atoms with Crippen LogP contribution in [0, 0.1) is 0 Å². The van der Waals surface area contributed by atoms with Crippen molar-refractivity contribution in [3.05, 3.63) is 78.6 Å². The van der Waals surface area contributed by atoms with Crippen molar-refractivity contribution >= 4 is 11.6 Å². The first-order valence-corrected chi connectivity index (χ1v) is 10.4. The molecule has 33 heavy (non-hydrogen) atoms. The number of rotatable bonds is 6. The number of pyridine rings is 1. The van der Waals surface area contributed by atoms with Crippen LogP contribution in [-0.4, -0.2) is 68.6 Å². The van der Waals surface area contributed by atoms with Gasteiger partial charge in [-0.2, -0.15) is 0 Å². The summed E-state index contributed by atoms with van der Waals surface area (Å²) in [6, 6.07) is 17.5. The molecule has 9 heteroatoms. The Morgan fingerprint density at radius 2 is 1.76 bits per heavy atom. The van der Waals surface area contributed by atoms with E-state index < -0.39 is 37.3 Å². The molecule has 1 amide bonds. The molecule has 0 aliphatic carbocycles. The maximum atomic E-state index is 12.6. The van der Waals surface area contributed by atoms with Crippen molar-refractivity contribution in [2.24, 2.45) is 0 Å². The van der Waals surface area contributed by atoms with Crippen molar-refractivity contribution in [2.75, 3.05) is 11.9 Å². The predicted octanol–water partition coefficient (Wildman–Crippen LogP) is 1.18. The highest BCUT2D eigenvalue weighted by molar-refractivity contribution is 6.04. The molecule has 2 heterocycles. The largest absolute Gasteiger partial charge is 0.462 e. The number of carbonyl (C=O) groups excluding carboxylic acids is 1. The van der Waals surface area contributed by atoms with Crippen LogP contribution in [0.25, 0.3) is 11.1 Å². The van der Waals surface area contributed by atoms with Crippen LogP contribution in [0.1, 0.15) is 10.4 Å². The van der Waals surface area contributed by atoms with E-state index in [-0.39, 0.29) is 5.91 Å². The maximum Gasteiger partial charge on any atom is 0.255 e. The standard InChI is InChI=1S/C24H24N2O7/c27-13-19-20(28)21(29)22(30)24(33-19)32-18-8-6-14(7-9-18)15-3-1-4-16(11-15)23(31)26-17-5-2-10-25-12-17/h1-12,19-22,24,27-30H,13H2,(H,26,31). The van der Waals surface area contributed by atoms with Crippen LogP contribution in [0.5, 0.6) is 5.75 Å². The Morgan fingerprint density at radius 3 is 2.45 bits per heavy atom. The maximum absolute atomic E-state index is 12.6. The third-order valence-corrected chi connectivity index (χ3v) is 5.33. The minimum Gasteiger partial charge on any atom is -0.462 e. The summed E-state index contributed by atoms with van der Waals surface area (Å²) < 4.78 is 11.0. The zero-order valence-electron chi connectivity index (χ0n) is 17.5. The quantitative estimate of drug-likeness (QED) is 0.375. The number of ether oxygens (including phenoxy) is 2. The van der Waals surface area contributed by atoms with Crippen LogP contribution in [0.2, 0.25) is 0 Å². The summed E-state index contributed by atoms with van der Waals surface area (Å²) in [5, 5.41) is 42.0. The minimum absolute atomic E-state index is 0.257. The average molecular weight is 452 g/mol. The van der Waals surface area contributed by atoms with Gasteiger partial charge in [0.1, 0.15) is 30.2 Å². The van der Waals surface area contributed by atoms with E-state index in [9.17, 15) is 25.2 Å². The van der Waals surface area contributed by atoms with E-state index in [4.69, 9.17) is 9.47 Å². The van der Waals surface area contributed by atoms with Crippen molar-refractivity contribution < 1.29 is 34.7 Å². The summed E-state index contributed by atoms with van der Waals surface area (Å²) in [7, 11) is 0. The third kappa shape index (κ3) is 5.19. The zero-order chi connectivity index (χ0) is 23.4. The highest BCUT2D eigenvalue weighted by atomic mass is 16.7. The second-order valence-electron chi connectivity index (χ2n) is 7.62. The summed E-state index contributed by atoms with van der Waals surface area (Å²) in [6.45, 7) is -0.533. The predicted molar refractivity (Wildman–Crippen MR) is 118 cm³/mol. The topological polar surface area (TPSA) is 141 Å². The van der Waals surface area contributed by atoms with E-state index in [1.54, 1.807) is 67.0 Å². The van der Waals surface area contributed by atoms with Gasteiger partial charge in [0, 0.05) is 11.8 Å². The van der Waals surface area contributed by atoms with Gasteiger partial charge in [0.15, 0.2) is 0 Å². The molecule has 5 atom stereocenters. The molecule has 1 aromatic heterocycles. The Morgan fingerprint density at radius 1 is 0.970 bits per heavy atom. The number of nitrogens with zero attached hydrogens (tertiary/aromatic N) is 1. The molecule has 172 valence electrons. The van der Waals surface area contributed by atoms with Crippen LogP contribution in [0.4, 0.5) is 5.69 Å². The normalized spacial score (nSPS) is 24.8. The lowest BCUT2D eigenvalue weighted by Crippen LogP contribution is -2.60. The van der Waals surface area contributed by atoms with Crippen molar-refractivity contribution in [2.45, 2.75) is 30.7 Å². The number of amides is 1. The second kappa shape index (κ2) is 10.1. The van der Waals surface area contributed by atoms with Gasteiger partial charge in [-0.25, -0.2) is 0 Å². The Hall–Kier alpha value is -3.34. The number of aliphatic hydroxyl groups is 4. The molecule has 1 aliphatic heterocycles. The molecule has 1 aliphatic rings. The van der Waals surface area contributed by atoms with E-state index in [1.165, 1.54) is 0 Å². The number of anilines is 1. The summed E-state index contributed by atoms with van der Waals surface area (Å²) in [5.41, 5.74) is 2.72. The number of nitrogens with one attached hydrogen (secondary N) is 1. The lowest BCUT2D eigenvalue weighted by molar-refractivity contribution is -0.277. The van der Waals surface area contributed by atoms with Gasteiger partial charge in [-0.05, 0) is 47.5 Å². The first kappa shape index (κ1) is 22.8. The number of aromatic nitrogens is 1. The average Bonchev–Trinajstić information content (AvgIpc) is 2.85. The lowest BCUT2D eigenvalue weighted by atomic mass is 9.99. The van der Waals surface area contributed by atoms with Crippen molar-refractivity contribution in [1.29, 1.82) is 0 Å². The SMILES string of the molecule is O=C(Nc1cccnc1)c1cccc(-c2ccc(OC3OC(CO)C(O)C(O)C3O)cc2)c1. The summed E-state index contributed by atoms with van der Waals surface area (Å²) in [4.78, 5) is 16.5. The molecular weight excluding hydrogens is 428 g/mol. The number of aliphatic hydroxyl groups excluding tert-OH is 4. The molecule has 0 spiro atoms. The number of benzene rings is 2. The van der Waals surface area contributed by atoms with Gasteiger partial charge >= 0.3 is 0 Å². The monoisotopic (exact) mass is 452 g/mol. The van der Waals surface area contributed by atoms with Gasteiger partial charge in [-0.1, -0.05) is 24.3 Å². The van der Waals surface area contributed by atoms with Gasteiger partial charge in [-0.15, -0.1) is 0 Å². The number of carbonyl (C=O) groups is 1. The Labute approximate surface area is 189 Å².